The summed E-state index contributed by atoms with van der Waals surface area (Å²) < 4.78 is 0. The first-order chi connectivity index (χ1) is 12.4. The van der Waals surface area contributed by atoms with Crippen molar-refractivity contribution in [2.75, 3.05) is 11.4 Å². The second-order valence-corrected chi connectivity index (χ2v) is 6.85. The molecule has 0 spiro atoms. The van der Waals surface area contributed by atoms with E-state index in [1.807, 2.05) is 12.1 Å². The van der Waals surface area contributed by atoms with Crippen LogP contribution in [0.2, 0.25) is 0 Å². The third-order valence-corrected chi connectivity index (χ3v) is 4.80. The van der Waals surface area contributed by atoms with Crippen LogP contribution in [0.25, 0.3) is 0 Å². The van der Waals surface area contributed by atoms with Crippen LogP contribution in [0.3, 0.4) is 0 Å². The number of nitrogens with zero attached hydrogens (tertiary/aromatic N) is 1. The Kier molecular flexibility index (Phi) is 4.67. The number of ketones is 1. The molecule has 1 amide bonds. The molecule has 2 aromatic rings. The molecule has 2 aromatic carbocycles. The molecule has 4 nitrogen and oxygen atoms in total. The van der Waals surface area contributed by atoms with Gasteiger partial charge in [-0.25, -0.2) is 0 Å². The number of amides is 1. The zero-order valence-electron chi connectivity index (χ0n) is 14.9. The summed E-state index contributed by atoms with van der Waals surface area (Å²) in [5.74, 6) is 1.96. The minimum atomic E-state index is -1.89. The SMILES string of the molecule is C#CCN1C(=O)[C@@](O)(CC(=O)c2ccc(C(C)C)cc2)c2ccccc21. The van der Waals surface area contributed by atoms with E-state index in [1.165, 1.54) is 4.90 Å². The lowest BCUT2D eigenvalue weighted by Crippen LogP contribution is -2.42. The fourth-order valence-electron chi connectivity index (χ4n) is 3.31. The van der Waals surface area contributed by atoms with Crippen LogP contribution in [0.15, 0.2) is 48.5 Å². The molecule has 1 heterocycles. The monoisotopic (exact) mass is 347 g/mol. The highest BCUT2D eigenvalue weighted by Gasteiger charge is 2.50. The molecular weight excluding hydrogens is 326 g/mol. The summed E-state index contributed by atoms with van der Waals surface area (Å²) in [5.41, 5.74) is 0.695. The van der Waals surface area contributed by atoms with Crippen molar-refractivity contribution >= 4 is 17.4 Å². The molecule has 0 aliphatic carbocycles. The van der Waals surface area contributed by atoms with Gasteiger partial charge in [-0.2, -0.15) is 0 Å². The van der Waals surface area contributed by atoms with Gasteiger partial charge < -0.3 is 5.11 Å². The topological polar surface area (TPSA) is 57.6 Å². The maximum Gasteiger partial charge on any atom is 0.265 e. The molecule has 1 N–H and O–H groups in total. The van der Waals surface area contributed by atoms with E-state index in [9.17, 15) is 14.7 Å². The molecule has 3 rings (SSSR count). The van der Waals surface area contributed by atoms with Crippen molar-refractivity contribution in [3.8, 4) is 12.3 Å². The first-order valence-corrected chi connectivity index (χ1v) is 8.59. The standard InChI is InChI=1S/C22H21NO3/c1-4-13-23-19-8-6-5-7-18(19)22(26,21(23)25)14-20(24)17-11-9-16(10-12-17)15(2)3/h1,5-12,15,26H,13-14H2,2-3H3/t22-/m1/s1. The number of benzene rings is 2. The van der Waals surface area contributed by atoms with Gasteiger partial charge in [0.1, 0.15) is 0 Å². The Labute approximate surface area is 153 Å². The molecule has 0 saturated carbocycles. The zero-order valence-corrected chi connectivity index (χ0v) is 14.9. The number of para-hydroxylation sites is 1. The van der Waals surface area contributed by atoms with Crippen molar-refractivity contribution in [2.24, 2.45) is 0 Å². The maximum atomic E-state index is 12.8. The Bertz CT molecular complexity index is 892. The van der Waals surface area contributed by atoms with Gasteiger partial charge in [0.15, 0.2) is 11.4 Å². The van der Waals surface area contributed by atoms with Gasteiger partial charge in [-0.15, -0.1) is 6.42 Å². The Morgan fingerprint density at radius 2 is 1.85 bits per heavy atom. The van der Waals surface area contributed by atoms with Crippen molar-refractivity contribution in [3.05, 3.63) is 65.2 Å². The first kappa shape index (κ1) is 17.9. The van der Waals surface area contributed by atoms with Gasteiger partial charge in [0.2, 0.25) is 0 Å². The lowest BCUT2D eigenvalue weighted by molar-refractivity contribution is -0.135. The average Bonchev–Trinajstić information content (AvgIpc) is 2.84. The minimum absolute atomic E-state index is 0.0510. The van der Waals surface area contributed by atoms with E-state index >= 15 is 0 Å². The Balaban J connectivity index is 1.92. The molecule has 0 aromatic heterocycles. The summed E-state index contributed by atoms with van der Waals surface area (Å²) in [5, 5.41) is 11.1. The van der Waals surface area contributed by atoms with Crippen LogP contribution < -0.4 is 4.90 Å². The van der Waals surface area contributed by atoms with Crippen LogP contribution in [0.4, 0.5) is 5.69 Å². The molecule has 1 aliphatic heterocycles. The van der Waals surface area contributed by atoms with E-state index in [-0.39, 0.29) is 18.7 Å². The fourth-order valence-corrected chi connectivity index (χ4v) is 3.31. The third-order valence-electron chi connectivity index (χ3n) is 4.80. The predicted octanol–water partition coefficient (Wildman–Crippen LogP) is 3.25. The molecule has 132 valence electrons. The summed E-state index contributed by atoms with van der Waals surface area (Å²) in [6.45, 7) is 4.21. The van der Waals surface area contributed by atoms with E-state index in [4.69, 9.17) is 6.42 Å². The van der Waals surface area contributed by atoms with E-state index in [2.05, 4.69) is 19.8 Å². The van der Waals surface area contributed by atoms with Gasteiger partial charge in [-0.3, -0.25) is 14.5 Å². The van der Waals surface area contributed by atoms with E-state index in [0.717, 1.165) is 5.56 Å². The van der Waals surface area contributed by atoms with Crippen molar-refractivity contribution < 1.29 is 14.7 Å². The molecule has 0 saturated heterocycles. The van der Waals surface area contributed by atoms with Crippen LogP contribution in [0.5, 0.6) is 0 Å². The average molecular weight is 347 g/mol. The Hall–Kier alpha value is -2.90. The maximum absolute atomic E-state index is 12.8. The number of carbonyl (C=O) groups is 2. The fraction of sp³-hybridized carbons (Fsp3) is 0.273. The number of anilines is 1. The number of rotatable bonds is 5. The molecule has 4 heteroatoms. The van der Waals surface area contributed by atoms with Crippen molar-refractivity contribution in [1.82, 2.24) is 0 Å². The highest BCUT2D eigenvalue weighted by Crippen LogP contribution is 2.42. The Morgan fingerprint density at radius 1 is 1.19 bits per heavy atom. The zero-order chi connectivity index (χ0) is 18.9. The van der Waals surface area contributed by atoms with Gasteiger partial charge in [-0.05, 0) is 17.5 Å². The van der Waals surface area contributed by atoms with Crippen molar-refractivity contribution in [2.45, 2.75) is 31.8 Å². The van der Waals surface area contributed by atoms with Crippen LogP contribution in [-0.2, 0) is 10.4 Å². The molecule has 0 fully saturated rings. The van der Waals surface area contributed by atoms with E-state index in [1.54, 1.807) is 36.4 Å². The molecule has 0 unspecified atom stereocenters. The highest BCUT2D eigenvalue weighted by molar-refractivity contribution is 6.11. The molecule has 1 atom stereocenters. The molecule has 26 heavy (non-hydrogen) atoms. The smallest absolute Gasteiger partial charge is 0.265 e. The minimum Gasteiger partial charge on any atom is -0.375 e. The van der Waals surface area contributed by atoms with E-state index in [0.29, 0.717) is 22.7 Å². The second-order valence-electron chi connectivity index (χ2n) is 6.85. The van der Waals surface area contributed by atoms with Crippen LogP contribution in [-0.4, -0.2) is 23.3 Å². The molecule has 0 radical (unpaired) electrons. The summed E-state index contributed by atoms with van der Waals surface area (Å²) in [7, 11) is 0. The summed E-state index contributed by atoms with van der Waals surface area (Å²) in [4.78, 5) is 26.9. The number of carbonyl (C=O) groups excluding carboxylic acids is 2. The predicted molar refractivity (Wildman–Crippen MR) is 101 cm³/mol. The van der Waals surface area contributed by atoms with Crippen LogP contribution in [0, 0.1) is 12.3 Å². The van der Waals surface area contributed by atoms with Gasteiger partial charge in [0, 0.05) is 11.1 Å². The van der Waals surface area contributed by atoms with Crippen molar-refractivity contribution in [1.29, 1.82) is 0 Å². The number of aliphatic hydroxyl groups is 1. The van der Waals surface area contributed by atoms with Gasteiger partial charge in [0.25, 0.3) is 5.91 Å². The second kappa shape index (κ2) is 6.78. The summed E-state index contributed by atoms with van der Waals surface area (Å²) in [6.07, 6.45) is 5.04. The van der Waals surface area contributed by atoms with Gasteiger partial charge in [0.05, 0.1) is 18.7 Å². The number of Topliss-reactive ketones (excluding diaryl/α,β-unsaturated/α-hetero) is 1. The Morgan fingerprint density at radius 3 is 2.46 bits per heavy atom. The summed E-state index contributed by atoms with van der Waals surface area (Å²) in [6, 6.07) is 14.2. The number of terminal acetylenes is 1. The number of hydrogen-bond donors (Lipinski definition) is 1. The normalized spacial score (nSPS) is 18.7. The van der Waals surface area contributed by atoms with Gasteiger partial charge >= 0.3 is 0 Å². The van der Waals surface area contributed by atoms with Crippen LogP contribution >= 0.6 is 0 Å². The third kappa shape index (κ3) is 2.91. The first-order valence-electron chi connectivity index (χ1n) is 8.59. The number of hydrogen-bond acceptors (Lipinski definition) is 3. The van der Waals surface area contributed by atoms with E-state index < -0.39 is 11.5 Å². The quantitative estimate of drug-likeness (QED) is 0.667. The molecule has 0 bridgehead atoms. The molecular formula is C22H21NO3. The number of fused-ring (bicyclic) bond motifs is 1. The largest absolute Gasteiger partial charge is 0.375 e. The summed E-state index contributed by atoms with van der Waals surface area (Å²) >= 11 is 0. The lowest BCUT2D eigenvalue weighted by Gasteiger charge is -2.22. The van der Waals surface area contributed by atoms with Crippen molar-refractivity contribution in [3.63, 3.8) is 0 Å². The molecule has 1 aliphatic rings. The van der Waals surface area contributed by atoms with Gasteiger partial charge in [-0.1, -0.05) is 62.2 Å². The lowest BCUT2D eigenvalue weighted by atomic mass is 9.87. The van der Waals surface area contributed by atoms with Crippen LogP contribution in [0.1, 0.15) is 47.7 Å². The highest BCUT2D eigenvalue weighted by atomic mass is 16.3.